The number of methoxy groups -OCH3 is 1. The van der Waals surface area contributed by atoms with Gasteiger partial charge in [0.25, 0.3) is 0 Å². The highest BCUT2D eigenvalue weighted by atomic mass is 16.5. The Kier molecular flexibility index (Phi) is 3.18. The fourth-order valence-corrected chi connectivity index (χ4v) is 4.05. The van der Waals surface area contributed by atoms with Crippen LogP contribution in [0.2, 0.25) is 0 Å². The molecule has 2 aliphatic rings. The van der Waals surface area contributed by atoms with E-state index in [4.69, 9.17) is 14.6 Å². The largest absolute Gasteiger partial charge is 0.497 e. The molecular weight excluding hydrogens is 314 g/mol. The zero-order chi connectivity index (χ0) is 17.0. The Morgan fingerprint density at radius 3 is 2.96 bits per heavy atom. The van der Waals surface area contributed by atoms with Gasteiger partial charge in [0.1, 0.15) is 30.2 Å². The summed E-state index contributed by atoms with van der Waals surface area (Å²) >= 11 is 0. The molecule has 2 atom stereocenters. The molecular formula is C20H20N3O2+. The van der Waals surface area contributed by atoms with Crippen LogP contribution in [0.4, 0.5) is 0 Å². The molecule has 25 heavy (non-hydrogen) atoms. The second-order valence-electron chi connectivity index (χ2n) is 6.73. The van der Waals surface area contributed by atoms with Gasteiger partial charge in [-0.1, -0.05) is 28.9 Å². The highest BCUT2D eigenvalue weighted by Gasteiger charge is 2.43. The molecule has 5 nitrogen and oxygen atoms in total. The molecule has 0 spiro atoms. The van der Waals surface area contributed by atoms with Crippen molar-refractivity contribution in [3.8, 4) is 11.4 Å². The lowest BCUT2D eigenvalue weighted by Crippen LogP contribution is -2.51. The number of ether oxygens (including phenoxy) is 2. The van der Waals surface area contributed by atoms with Gasteiger partial charge in [-0.25, -0.2) is 4.57 Å². The van der Waals surface area contributed by atoms with E-state index in [9.17, 15) is 0 Å². The lowest BCUT2D eigenvalue weighted by molar-refractivity contribution is -0.739. The SMILES string of the molecule is COc1ccc(-n2c[n+]3c(n2)COC2Cc4ccccc4C23)c(C)c1. The molecule has 126 valence electrons. The van der Waals surface area contributed by atoms with Crippen LogP contribution >= 0.6 is 0 Å². The molecule has 2 heterocycles. The average molecular weight is 334 g/mol. The Hall–Kier alpha value is -2.66. The quantitative estimate of drug-likeness (QED) is 0.676. The third kappa shape index (κ3) is 2.19. The second kappa shape index (κ2) is 5.43. The summed E-state index contributed by atoms with van der Waals surface area (Å²) < 4.78 is 15.7. The van der Waals surface area contributed by atoms with Gasteiger partial charge in [-0.2, -0.15) is 0 Å². The highest BCUT2D eigenvalue weighted by Crippen LogP contribution is 2.35. The summed E-state index contributed by atoms with van der Waals surface area (Å²) in [6.45, 7) is 2.63. The Morgan fingerprint density at radius 1 is 1.24 bits per heavy atom. The maximum atomic E-state index is 6.11. The summed E-state index contributed by atoms with van der Waals surface area (Å²) in [5.74, 6) is 1.83. The Labute approximate surface area is 146 Å². The molecule has 0 saturated carbocycles. The molecule has 0 saturated heterocycles. The monoisotopic (exact) mass is 334 g/mol. The van der Waals surface area contributed by atoms with Gasteiger partial charge in [-0.3, -0.25) is 0 Å². The van der Waals surface area contributed by atoms with Gasteiger partial charge in [0.05, 0.1) is 7.11 Å². The first-order valence-electron chi connectivity index (χ1n) is 8.58. The third-order valence-electron chi connectivity index (χ3n) is 5.28. The van der Waals surface area contributed by atoms with Crippen molar-refractivity contribution in [1.29, 1.82) is 0 Å². The fourth-order valence-electron chi connectivity index (χ4n) is 4.05. The Morgan fingerprint density at radius 2 is 2.12 bits per heavy atom. The van der Waals surface area contributed by atoms with E-state index in [-0.39, 0.29) is 12.1 Å². The van der Waals surface area contributed by atoms with Gasteiger partial charge in [0.2, 0.25) is 6.33 Å². The second-order valence-corrected chi connectivity index (χ2v) is 6.73. The average Bonchev–Trinajstić information content (AvgIpc) is 3.21. The van der Waals surface area contributed by atoms with Gasteiger partial charge in [-0.15, -0.1) is 0 Å². The standard InChI is InChI=1S/C20H20N3O2/c1-13-9-15(24-2)7-8-17(13)23-12-22-19(21-23)11-25-18-10-14-5-3-4-6-16(14)20(18)22/h3-9,12,18,20H,10-11H2,1-2H3/q+1. The number of hydrogen-bond acceptors (Lipinski definition) is 3. The predicted octanol–water partition coefficient (Wildman–Crippen LogP) is 2.52. The molecule has 1 aliphatic carbocycles. The molecule has 5 rings (SSSR count). The molecule has 2 aromatic carbocycles. The zero-order valence-electron chi connectivity index (χ0n) is 14.3. The summed E-state index contributed by atoms with van der Waals surface area (Å²) in [4.78, 5) is 0. The van der Waals surface area contributed by atoms with Crippen LogP contribution in [0.5, 0.6) is 5.75 Å². The third-order valence-corrected chi connectivity index (χ3v) is 5.28. The van der Waals surface area contributed by atoms with E-state index in [2.05, 4.69) is 42.1 Å². The van der Waals surface area contributed by atoms with Crippen molar-refractivity contribution < 1.29 is 14.0 Å². The van der Waals surface area contributed by atoms with E-state index >= 15 is 0 Å². The van der Waals surface area contributed by atoms with Crippen molar-refractivity contribution in [3.05, 3.63) is 71.3 Å². The van der Waals surface area contributed by atoms with Crippen LogP contribution in [0.15, 0.2) is 48.8 Å². The molecule has 5 heteroatoms. The molecule has 0 radical (unpaired) electrons. The van der Waals surface area contributed by atoms with Gasteiger partial charge < -0.3 is 9.47 Å². The normalized spacial score (nSPS) is 20.7. The molecule has 0 N–H and O–H groups in total. The fraction of sp³-hybridized carbons (Fsp3) is 0.300. The smallest absolute Gasteiger partial charge is 0.304 e. The first-order chi connectivity index (χ1) is 12.2. The molecule has 0 amide bonds. The van der Waals surface area contributed by atoms with E-state index in [1.807, 2.05) is 22.9 Å². The summed E-state index contributed by atoms with van der Waals surface area (Å²) in [7, 11) is 1.69. The van der Waals surface area contributed by atoms with Crippen LogP contribution in [0.25, 0.3) is 5.69 Å². The van der Waals surface area contributed by atoms with Gasteiger partial charge in [0.15, 0.2) is 0 Å². The topological polar surface area (TPSA) is 40.2 Å². The molecule has 1 aliphatic heterocycles. The molecule has 2 unspecified atom stereocenters. The Balaban J connectivity index is 1.60. The van der Waals surface area contributed by atoms with Gasteiger partial charge in [-0.05, 0) is 41.8 Å². The Bertz CT molecular complexity index is 963. The van der Waals surface area contributed by atoms with Crippen molar-refractivity contribution in [1.82, 2.24) is 9.78 Å². The minimum Gasteiger partial charge on any atom is -0.497 e. The number of fused-ring (bicyclic) bond motifs is 5. The summed E-state index contributed by atoms with van der Waals surface area (Å²) in [5, 5.41) is 4.78. The number of aromatic nitrogens is 3. The van der Waals surface area contributed by atoms with Crippen LogP contribution in [0.1, 0.15) is 28.6 Å². The van der Waals surface area contributed by atoms with E-state index < -0.39 is 0 Å². The predicted molar refractivity (Wildman–Crippen MR) is 91.9 cm³/mol. The van der Waals surface area contributed by atoms with Gasteiger partial charge in [0, 0.05) is 11.5 Å². The lowest BCUT2D eigenvalue weighted by atomic mass is 10.1. The maximum absolute atomic E-state index is 6.11. The zero-order valence-corrected chi connectivity index (χ0v) is 14.3. The van der Waals surface area contributed by atoms with Crippen molar-refractivity contribution >= 4 is 0 Å². The van der Waals surface area contributed by atoms with E-state index in [1.165, 1.54) is 11.1 Å². The molecule has 3 aromatic rings. The van der Waals surface area contributed by atoms with Crippen molar-refractivity contribution in [2.45, 2.75) is 32.1 Å². The number of benzene rings is 2. The van der Waals surface area contributed by atoms with Crippen molar-refractivity contribution in [2.75, 3.05) is 7.11 Å². The van der Waals surface area contributed by atoms with Crippen LogP contribution in [0, 0.1) is 6.92 Å². The summed E-state index contributed by atoms with van der Waals surface area (Å²) in [5.41, 5.74) is 4.92. The van der Waals surface area contributed by atoms with Crippen molar-refractivity contribution in [3.63, 3.8) is 0 Å². The van der Waals surface area contributed by atoms with E-state index in [0.29, 0.717) is 6.61 Å². The first kappa shape index (κ1) is 14.7. The van der Waals surface area contributed by atoms with Crippen LogP contribution < -0.4 is 9.30 Å². The number of nitrogens with zero attached hydrogens (tertiary/aromatic N) is 3. The summed E-state index contributed by atoms with van der Waals surface area (Å²) in [6.07, 6.45) is 3.27. The van der Waals surface area contributed by atoms with Crippen molar-refractivity contribution in [2.24, 2.45) is 0 Å². The maximum Gasteiger partial charge on any atom is 0.304 e. The minimum atomic E-state index is 0.199. The van der Waals surface area contributed by atoms with Crippen LogP contribution in [-0.2, 0) is 17.8 Å². The first-order valence-corrected chi connectivity index (χ1v) is 8.58. The van der Waals surface area contributed by atoms with E-state index in [1.54, 1.807) is 7.11 Å². The number of rotatable bonds is 2. The summed E-state index contributed by atoms with van der Waals surface area (Å²) in [6, 6.07) is 14.9. The molecule has 0 bridgehead atoms. The molecule has 1 aromatic heterocycles. The van der Waals surface area contributed by atoms with Crippen LogP contribution in [-0.4, -0.2) is 23.0 Å². The van der Waals surface area contributed by atoms with E-state index in [0.717, 1.165) is 29.2 Å². The van der Waals surface area contributed by atoms with Crippen LogP contribution in [0.3, 0.4) is 0 Å². The van der Waals surface area contributed by atoms with Gasteiger partial charge >= 0.3 is 5.82 Å². The number of aryl methyl sites for hydroxylation is 1. The minimum absolute atomic E-state index is 0.199. The highest BCUT2D eigenvalue weighted by molar-refractivity contribution is 5.44. The lowest BCUT2D eigenvalue weighted by Gasteiger charge is -2.23. The molecule has 0 fully saturated rings. The number of hydrogen-bond donors (Lipinski definition) is 0.